The van der Waals surface area contributed by atoms with E-state index < -0.39 is 5.54 Å². The van der Waals surface area contributed by atoms with Crippen LogP contribution in [0.5, 0.6) is 0 Å². The van der Waals surface area contributed by atoms with Crippen molar-refractivity contribution in [1.29, 1.82) is 0 Å². The van der Waals surface area contributed by atoms with E-state index in [2.05, 4.69) is 20.4 Å². The van der Waals surface area contributed by atoms with Crippen molar-refractivity contribution in [3.63, 3.8) is 0 Å². The minimum Gasteiger partial charge on any atom is -0.340 e. The van der Waals surface area contributed by atoms with Crippen molar-refractivity contribution in [2.75, 3.05) is 0 Å². The zero-order valence-electron chi connectivity index (χ0n) is 13.9. The van der Waals surface area contributed by atoms with Crippen molar-refractivity contribution in [2.45, 2.75) is 52.5 Å². The number of pyridine rings is 1. The summed E-state index contributed by atoms with van der Waals surface area (Å²) in [5, 5.41) is 6.91. The summed E-state index contributed by atoms with van der Waals surface area (Å²) in [5.74, 6) is 0.771. The summed E-state index contributed by atoms with van der Waals surface area (Å²) in [5.41, 5.74) is 0.392. The number of rotatable bonds is 3. The molecule has 0 bridgehead atoms. The van der Waals surface area contributed by atoms with Crippen molar-refractivity contribution in [2.24, 2.45) is 0 Å². The highest BCUT2D eigenvalue weighted by Gasteiger charge is 2.31. The van der Waals surface area contributed by atoms with Gasteiger partial charge >= 0.3 is 0 Å². The van der Waals surface area contributed by atoms with Gasteiger partial charge in [0.25, 0.3) is 5.91 Å². The lowest BCUT2D eigenvalue weighted by Crippen LogP contribution is -2.42. The van der Waals surface area contributed by atoms with Crippen LogP contribution in [0.25, 0.3) is 0 Å². The zero-order valence-corrected chi connectivity index (χ0v) is 13.9. The normalized spacial score (nSPS) is 12.3. The Bertz CT molecular complexity index is 666. The van der Waals surface area contributed by atoms with E-state index in [1.165, 1.54) is 0 Å². The van der Waals surface area contributed by atoms with Gasteiger partial charge in [-0.25, -0.2) is 0 Å². The maximum absolute atomic E-state index is 12.3. The predicted octanol–water partition coefficient (Wildman–Crippen LogP) is 2.74. The minimum atomic E-state index is -0.741. The third-order valence-corrected chi connectivity index (χ3v) is 3.23. The number of carbonyl (C=O) groups is 1. The Morgan fingerprint density at radius 3 is 2.36 bits per heavy atom. The molecule has 0 radical (unpaired) electrons. The van der Waals surface area contributed by atoms with E-state index in [9.17, 15) is 4.79 Å². The number of amides is 1. The summed E-state index contributed by atoms with van der Waals surface area (Å²) >= 11 is 0. The van der Waals surface area contributed by atoms with Crippen LogP contribution >= 0.6 is 0 Å². The van der Waals surface area contributed by atoms with Crippen molar-refractivity contribution in [3.05, 3.63) is 41.3 Å². The standard InChI is InChI=1S/C16H22N4O2/c1-10-7-8-11(9-17-10)12(21)19-16(5,6)13-18-14(22-20-13)15(2,3)4/h7-9H,1-6H3,(H,19,21). The first-order chi connectivity index (χ1) is 10.1. The largest absolute Gasteiger partial charge is 0.340 e. The highest BCUT2D eigenvalue weighted by molar-refractivity contribution is 5.94. The predicted molar refractivity (Wildman–Crippen MR) is 82.5 cm³/mol. The molecule has 0 saturated carbocycles. The number of aromatic nitrogens is 3. The minimum absolute atomic E-state index is 0.223. The SMILES string of the molecule is Cc1ccc(C(=O)NC(C)(C)c2noc(C(C)(C)C)n2)cn1. The van der Waals surface area contributed by atoms with E-state index in [0.29, 0.717) is 17.3 Å². The van der Waals surface area contributed by atoms with Crippen molar-refractivity contribution in [1.82, 2.24) is 20.4 Å². The summed E-state index contributed by atoms with van der Waals surface area (Å²) in [4.78, 5) is 20.8. The van der Waals surface area contributed by atoms with Gasteiger partial charge < -0.3 is 9.84 Å². The van der Waals surface area contributed by atoms with Gasteiger partial charge in [-0.3, -0.25) is 9.78 Å². The second-order valence-electron chi connectivity index (χ2n) is 6.94. The van der Waals surface area contributed by atoms with Gasteiger partial charge in [0.15, 0.2) is 5.82 Å². The number of aryl methyl sites for hydroxylation is 1. The fourth-order valence-corrected chi connectivity index (χ4v) is 1.80. The lowest BCUT2D eigenvalue weighted by atomic mass is 9.97. The maximum Gasteiger partial charge on any atom is 0.253 e. The molecule has 1 N–H and O–H groups in total. The van der Waals surface area contributed by atoms with Gasteiger partial charge in [-0.15, -0.1) is 0 Å². The van der Waals surface area contributed by atoms with Gasteiger partial charge in [-0.05, 0) is 32.9 Å². The Balaban J connectivity index is 2.18. The molecule has 2 aromatic heterocycles. The molecule has 0 aliphatic heterocycles. The maximum atomic E-state index is 12.3. The Morgan fingerprint density at radius 1 is 1.18 bits per heavy atom. The monoisotopic (exact) mass is 302 g/mol. The lowest BCUT2D eigenvalue weighted by molar-refractivity contribution is 0.0907. The molecule has 0 aliphatic rings. The van der Waals surface area contributed by atoms with Crippen LogP contribution in [0.15, 0.2) is 22.9 Å². The fraction of sp³-hybridized carbons (Fsp3) is 0.500. The molecule has 2 rings (SSSR count). The third-order valence-electron chi connectivity index (χ3n) is 3.23. The van der Waals surface area contributed by atoms with Crippen LogP contribution in [0.4, 0.5) is 0 Å². The number of hydrogen-bond donors (Lipinski definition) is 1. The Morgan fingerprint density at radius 2 is 1.86 bits per heavy atom. The third kappa shape index (κ3) is 3.50. The second-order valence-corrected chi connectivity index (χ2v) is 6.94. The number of carbonyl (C=O) groups excluding carboxylic acids is 1. The molecule has 0 aliphatic carbocycles. The van der Waals surface area contributed by atoms with Crippen LogP contribution in [-0.2, 0) is 11.0 Å². The first-order valence-electron chi connectivity index (χ1n) is 7.19. The second kappa shape index (κ2) is 5.51. The summed E-state index contributed by atoms with van der Waals surface area (Å²) in [7, 11) is 0. The van der Waals surface area contributed by atoms with Crippen molar-refractivity contribution >= 4 is 5.91 Å². The van der Waals surface area contributed by atoms with Gasteiger partial charge in [0.1, 0.15) is 0 Å². The molecule has 1 amide bonds. The van der Waals surface area contributed by atoms with Gasteiger partial charge in [0.05, 0.1) is 11.1 Å². The van der Waals surface area contributed by atoms with Crippen LogP contribution in [0, 0.1) is 6.92 Å². The summed E-state index contributed by atoms with van der Waals surface area (Å²) in [6.45, 7) is 11.5. The fourth-order valence-electron chi connectivity index (χ4n) is 1.80. The van der Waals surface area contributed by atoms with Crippen LogP contribution in [-0.4, -0.2) is 21.0 Å². The lowest BCUT2D eigenvalue weighted by Gasteiger charge is -2.22. The molecule has 0 aromatic carbocycles. The van der Waals surface area contributed by atoms with Gasteiger partial charge in [0, 0.05) is 17.3 Å². The molecule has 2 aromatic rings. The van der Waals surface area contributed by atoms with Gasteiger partial charge in [-0.2, -0.15) is 4.98 Å². The molecular weight excluding hydrogens is 280 g/mol. The van der Waals surface area contributed by atoms with E-state index in [1.54, 1.807) is 18.3 Å². The number of nitrogens with zero attached hydrogens (tertiary/aromatic N) is 3. The summed E-state index contributed by atoms with van der Waals surface area (Å²) in [6.07, 6.45) is 1.55. The highest BCUT2D eigenvalue weighted by atomic mass is 16.5. The Hall–Kier alpha value is -2.24. The van der Waals surface area contributed by atoms with E-state index in [1.807, 2.05) is 41.5 Å². The first kappa shape index (κ1) is 16.1. The molecule has 0 unspecified atom stereocenters. The van der Waals surface area contributed by atoms with Crippen LogP contribution < -0.4 is 5.32 Å². The molecule has 22 heavy (non-hydrogen) atoms. The Kier molecular flexibility index (Phi) is 4.04. The van der Waals surface area contributed by atoms with E-state index in [0.717, 1.165) is 5.69 Å². The van der Waals surface area contributed by atoms with E-state index >= 15 is 0 Å². The van der Waals surface area contributed by atoms with Crippen molar-refractivity contribution in [3.8, 4) is 0 Å². The van der Waals surface area contributed by atoms with E-state index in [4.69, 9.17) is 4.52 Å². The smallest absolute Gasteiger partial charge is 0.253 e. The quantitative estimate of drug-likeness (QED) is 0.942. The molecular formula is C16H22N4O2. The van der Waals surface area contributed by atoms with Crippen LogP contribution in [0.2, 0.25) is 0 Å². The number of hydrogen-bond acceptors (Lipinski definition) is 5. The Labute approximate surface area is 130 Å². The molecule has 2 heterocycles. The molecule has 0 spiro atoms. The average molecular weight is 302 g/mol. The molecule has 0 saturated heterocycles. The molecule has 6 nitrogen and oxygen atoms in total. The van der Waals surface area contributed by atoms with Gasteiger partial charge in [-0.1, -0.05) is 25.9 Å². The highest BCUT2D eigenvalue weighted by Crippen LogP contribution is 2.24. The van der Waals surface area contributed by atoms with Crippen LogP contribution in [0.3, 0.4) is 0 Å². The first-order valence-corrected chi connectivity index (χ1v) is 7.19. The molecule has 0 fully saturated rings. The number of nitrogens with one attached hydrogen (secondary N) is 1. The molecule has 118 valence electrons. The topological polar surface area (TPSA) is 80.9 Å². The summed E-state index contributed by atoms with van der Waals surface area (Å²) < 4.78 is 5.29. The van der Waals surface area contributed by atoms with Gasteiger partial charge in [0.2, 0.25) is 5.89 Å². The average Bonchev–Trinajstić information content (AvgIpc) is 2.89. The van der Waals surface area contributed by atoms with E-state index in [-0.39, 0.29) is 11.3 Å². The summed E-state index contributed by atoms with van der Waals surface area (Å²) in [6, 6.07) is 3.54. The zero-order chi connectivity index (χ0) is 16.5. The molecule has 6 heteroatoms. The van der Waals surface area contributed by atoms with Crippen molar-refractivity contribution < 1.29 is 9.32 Å². The van der Waals surface area contributed by atoms with Crippen LogP contribution in [0.1, 0.15) is 62.4 Å². The molecule has 0 atom stereocenters.